The Morgan fingerprint density at radius 1 is 1.33 bits per heavy atom. The molecule has 1 unspecified atom stereocenters. The van der Waals surface area contributed by atoms with Crippen LogP contribution in [0.15, 0.2) is 29.3 Å². The summed E-state index contributed by atoms with van der Waals surface area (Å²) in [5, 5.41) is 3.15. The molecule has 1 saturated heterocycles. The van der Waals surface area contributed by atoms with E-state index in [4.69, 9.17) is 9.47 Å². The van der Waals surface area contributed by atoms with Gasteiger partial charge in [-0.25, -0.2) is 0 Å². The van der Waals surface area contributed by atoms with Crippen molar-refractivity contribution in [1.82, 2.24) is 10.2 Å². The molecule has 0 aliphatic carbocycles. The van der Waals surface area contributed by atoms with E-state index in [0.717, 1.165) is 31.6 Å². The molecule has 2 rings (SSSR count). The third kappa shape index (κ3) is 7.82. The highest BCUT2D eigenvalue weighted by molar-refractivity contribution is 14.0. The molecule has 9 heteroatoms. The monoisotopic (exact) mass is 501 g/mol. The summed E-state index contributed by atoms with van der Waals surface area (Å²) in [6.45, 7) is 3.79. The lowest BCUT2D eigenvalue weighted by molar-refractivity contribution is -0.137. The first-order valence-electron chi connectivity index (χ1n) is 8.62. The van der Waals surface area contributed by atoms with Gasteiger partial charge in [-0.1, -0.05) is 12.1 Å². The summed E-state index contributed by atoms with van der Waals surface area (Å²) >= 11 is 0. The summed E-state index contributed by atoms with van der Waals surface area (Å²) in [6.07, 6.45) is -3.33. The van der Waals surface area contributed by atoms with Crippen LogP contribution in [0.4, 0.5) is 13.2 Å². The Morgan fingerprint density at radius 3 is 2.78 bits per heavy atom. The minimum absolute atomic E-state index is 0. The normalized spacial score (nSPS) is 17.7. The number of hydrogen-bond donors (Lipinski definition) is 1. The van der Waals surface area contributed by atoms with Gasteiger partial charge in [-0.2, -0.15) is 13.2 Å². The molecular weight excluding hydrogens is 474 g/mol. The zero-order valence-corrected chi connectivity index (χ0v) is 17.9. The maximum Gasteiger partial charge on any atom is 0.416 e. The third-order valence-corrected chi connectivity index (χ3v) is 4.29. The molecule has 5 nitrogen and oxygen atoms in total. The summed E-state index contributed by atoms with van der Waals surface area (Å²) in [5.74, 6) is 1.11. The minimum atomic E-state index is -4.33. The Labute approximate surface area is 175 Å². The highest BCUT2D eigenvalue weighted by Gasteiger charge is 2.30. The molecule has 154 valence electrons. The molecule has 0 spiro atoms. The third-order valence-electron chi connectivity index (χ3n) is 4.29. The standard InChI is InChI=1S/C18H26F3N3O2.HI/c1-22-17(24-7-6-15(12-24)13-26-9-8-25-2)23-11-14-4-3-5-16(10-14)18(19,20)21;/h3-5,10,15H,6-9,11-13H2,1-2H3,(H,22,23);1H. The van der Waals surface area contributed by atoms with E-state index in [2.05, 4.69) is 15.2 Å². The molecule has 0 radical (unpaired) electrons. The van der Waals surface area contributed by atoms with Crippen LogP contribution in [0.2, 0.25) is 0 Å². The van der Waals surface area contributed by atoms with Crippen LogP contribution in [0, 0.1) is 5.92 Å². The number of nitrogens with zero attached hydrogens (tertiary/aromatic N) is 2. The van der Waals surface area contributed by atoms with Gasteiger partial charge in [0.05, 0.1) is 25.4 Å². The number of halogens is 4. The van der Waals surface area contributed by atoms with Crippen molar-refractivity contribution in [3.05, 3.63) is 35.4 Å². The van der Waals surface area contributed by atoms with Gasteiger partial charge in [-0.3, -0.25) is 4.99 Å². The van der Waals surface area contributed by atoms with Gasteiger partial charge in [0.25, 0.3) is 0 Å². The Bertz CT molecular complexity index is 599. The number of nitrogens with one attached hydrogen (secondary N) is 1. The first-order chi connectivity index (χ1) is 12.4. The summed E-state index contributed by atoms with van der Waals surface area (Å²) in [5.41, 5.74) is -0.0687. The number of ether oxygens (including phenoxy) is 2. The van der Waals surface area contributed by atoms with E-state index in [1.165, 1.54) is 6.07 Å². The average Bonchev–Trinajstić information content (AvgIpc) is 3.08. The highest BCUT2D eigenvalue weighted by atomic mass is 127. The van der Waals surface area contributed by atoms with E-state index in [0.29, 0.717) is 43.8 Å². The van der Waals surface area contributed by atoms with E-state index in [1.807, 2.05) is 0 Å². The van der Waals surface area contributed by atoms with Gasteiger partial charge < -0.3 is 19.7 Å². The summed E-state index contributed by atoms with van der Waals surface area (Å²) < 4.78 is 48.9. The van der Waals surface area contributed by atoms with Crippen molar-refractivity contribution in [2.75, 3.05) is 47.1 Å². The van der Waals surface area contributed by atoms with Crippen LogP contribution in [0.1, 0.15) is 17.5 Å². The Hall–Kier alpha value is -1.07. The smallest absolute Gasteiger partial charge is 0.382 e. The van der Waals surface area contributed by atoms with Gasteiger partial charge in [-0.15, -0.1) is 24.0 Å². The maximum atomic E-state index is 12.8. The molecular formula is C18H27F3IN3O2. The van der Waals surface area contributed by atoms with Gasteiger partial charge in [0.1, 0.15) is 0 Å². The van der Waals surface area contributed by atoms with Crippen molar-refractivity contribution in [3.8, 4) is 0 Å². The van der Waals surface area contributed by atoms with Crippen LogP contribution in [0.5, 0.6) is 0 Å². The molecule has 1 aromatic rings. The number of alkyl halides is 3. The number of benzene rings is 1. The molecule has 1 fully saturated rings. The summed E-state index contributed by atoms with van der Waals surface area (Å²) in [6, 6.07) is 5.33. The van der Waals surface area contributed by atoms with E-state index in [1.54, 1.807) is 20.2 Å². The first-order valence-corrected chi connectivity index (χ1v) is 8.62. The van der Waals surface area contributed by atoms with Gasteiger partial charge in [0.15, 0.2) is 5.96 Å². The Morgan fingerprint density at radius 2 is 2.11 bits per heavy atom. The van der Waals surface area contributed by atoms with Crippen molar-refractivity contribution >= 4 is 29.9 Å². The molecule has 27 heavy (non-hydrogen) atoms. The number of guanidine groups is 1. The van der Waals surface area contributed by atoms with Crippen LogP contribution < -0.4 is 5.32 Å². The number of methoxy groups -OCH3 is 1. The van der Waals surface area contributed by atoms with Gasteiger partial charge in [-0.05, 0) is 24.1 Å². The summed E-state index contributed by atoms with van der Waals surface area (Å²) in [7, 11) is 3.32. The molecule has 1 N–H and O–H groups in total. The van der Waals surface area contributed by atoms with Crippen LogP contribution in [-0.4, -0.2) is 57.9 Å². The number of likely N-dealkylation sites (tertiary alicyclic amines) is 1. The van der Waals surface area contributed by atoms with Crippen LogP contribution in [0.3, 0.4) is 0 Å². The number of aliphatic imine (C=N–C) groups is 1. The highest BCUT2D eigenvalue weighted by Crippen LogP contribution is 2.29. The van der Waals surface area contributed by atoms with Crippen LogP contribution in [-0.2, 0) is 22.2 Å². The molecule has 1 aliphatic rings. The van der Waals surface area contributed by atoms with Gasteiger partial charge in [0, 0.05) is 39.7 Å². The molecule has 0 saturated carbocycles. The topological polar surface area (TPSA) is 46.1 Å². The molecule has 1 aromatic carbocycles. The predicted molar refractivity (Wildman–Crippen MR) is 109 cm³/mol. The van der Waals surface area contributed by atoms with Crippen molar-refractivity contribution in [2.24, 2.45) is 10.9 Å². The largest absolute Gasteiger partial charge is 0.416 e. The molecule has 1 atom stereocenters. The zero-order chi connectivity index (χ0) is 19.0. The lowest BCUT2D eigenvalue weighted by Gasteiger charge is -2.22. The average molecular weight is 501 g/mol. The second-order valence-electron chi connectivity index (χ2n) is 6.27. The second kappa shape index (κ2) is 11.7. The van der Waals surface area contributed by atoms with E-state index >= 15 is 0 Å². The van der Waals surface area contributed by atoms with Crippen molar-refractivity contribution in [1.29, 1.82) is 0 Å². The Balaban J connectivity index is 0.00000364. The molecule has 1 heterocycles. The minimum Gasteiger partial charge on any atom is -0.382 e. The van der Waals surface area contributed by atoms with Crippen molar-refractivity contribution in [2.45, 2.75) is 19.1 Å². The number of hydrogen-bond acceptors (Lipinski definition) is 3. The van der Waals surface area contributed by atoms with Crippen molar-refractivity contribution < 1.29 is 22.6 Å². The van der Waals surface area contributed by atoms with E-state index in [-0.39, 0.29) is 24.0 Å². The Kier molecular flexibility index (Phi) is 10.4. The van der Waals surface area contributed by atoms with Crippen LogP contribution >= 0.6 is 24.0 Å². The fourth-order valence-corrected chi connectivity index (χ4v) is 2.92. The fraction of sp³-hybridized carbons (Fsp3) is 0.611. The first kappa shape index (κ1) is 24.0. The molecule has 1 aliphatic heterocycles. The predicted octanol–water partition coefficient (Wildman–Crippen LogP) is 3.38. The second-order valence-corrected chi connectivity index (χ2v) is 6.27. The maximum absolute atomic E-state index is 12.8. The quantitative estimate of drug-likeness (QED) is 0.270. The lowest BCUT2D eigenvalue weighted by atomic mass is 10.1. The SMILES string of the molecule is CN=C(NCc1cccc(C(F)(F)F)c1)N1CCC(COCCOC)C1.I. The summed E-state index contributed by atoms with van der Waals surface area (Å²) in [4.78, 5) is 6.36. The van der Waals surface area contributed by atoms with Gasteiger partial charge >= 0.3 is 6.18 Å². The van der Waals surface area contributed by atoms with Crippen molar-refractivity contribution in [3.63, 3.8) is 0 Å². The van der Waals surface area contributed by atoms with Gasteiger partial charge in [0.2, 0.25) is 0 Å². The number of rotatable bonds is 7. The lowest BCUT2D eigenvalue weighted by Crippen LogP contribution is -2.39. The van der Waals surface area contributed by atoms with E-state index in [9.17, 15) is 13.2 Å². The molecule has 0 amide bonds. The molecule has 0 aromatic heterocycles. The molecule has 0 bridgehead atoms. The van der Waals surface area contributed by atoms with E-state index < -0.39 is 11.7 Å². The zero-order valence-electron chi connectivity index (χ0n) is 15.6. The van der Waals surface area contributed by atoms with Crippen LogP contribution in [0.25, 0.3) is 0 Å². The fourth-order valence-electron chi connectivity index (χ4n) is 2.92.